The molecule has 0 aliphatic rings. The lowest BCUT2D eigenvalue weighted by atomic mass is 9.78. The van der Waals surface area contributed by atoms with Crippen molar-refractivity contribution in [2.45, 2.75) is 344 Å². The van der Waals surface area contributed by atoms with E-state index in [0.29, 0.717) is 19.0 Å². The van der Waals surface area contributed by atoms with Crippen LogP contribution in [0.5, 0.6) is 11.5 Å². The molecule has 79 heavy (non-hydrogen) atoms. The summed E-state index contributed by atoms with van der Waals surface area (Å²) >= 11 is 0. The number of benzene rings is 2. The largest absolute Gasteiger partial charge is 0.530 e. The van der Waals surface area contributed by atoms with Crippen molar-refractivity contribution < 1.29 is 41.4 Å². The Morgan fingerprint density at radius 2 is 0.595 bits per heavy atom. The monoisotopic (exact) mass is 1150 g/mol. The van der Waals surface area contributed by atoms with E-state index in [1.165, 1.54) is 167 Å². The molecule has 1 N–H and O–H groups in total. The number of hydrogen-bond donors (Lipinski definition) is 1. The molecule has 0 saturated carbocycles. The third kappa shape index (κ3) is 31.7. The van der Waals surface area contributed by atoms with Crippen LogP contribution in [0.2, 0.25) is 0 Å². The third-order valence-electron chi connectivity index (χ3n) is 15.3. The van der Waals surface area contributed by atoms with Gasteiger partial charge in [0, 0.05) is 11.1 Å². The fourth-order valence-electron chi connectivity index (χ4n) is 10.3. The predicted molar refractivity (Wildman–Crippen MR) is 337 cm³/mol. The summed E-state index contributed by atoms with van der Waals surface area (Å²) in [6.45, 7) is 31.9. The summed E-state index contributed by atoms with van der Waals surface area (Å²) in [6, 6.07) is 7.82. The first kappa shape index (κ1) is 73.4. The molecule has 11 heteroatoms. The van der Waals surface area contributed by atoms with Gasteiger partial charge in [-0.05, 0) is 87.9 Å². The van der Waals surface area contributed by atoms with Crippen molar-refractivity contribution in [2.24, 2.45) is 0 Å². The van der Waals surface area contributed by atoms with E-state index in [1.807, 2.05) is 24.3 Å². The Morgan fingerprint density at radius 1 is 0.342 bits per heavy atom. The minimum atomic E-state index is -4.23. The van der Waals surface area contributed by atoms with Crippen LogP contribution in [0.4, 0.5) is 0 Å². The van der Waals surface area contributed by atoms with E-state index in [9.17, 15) is 14.2 Å². The topological polar surface area (TPSA) is 110 Å². The van der Waals surface area contributed by atoms with Gasteiger partial charge in [0.1, 0.15) is 11.5 Å². The zero-order valence-electron chi connectivity index (χ0n) is 54.1. The van der Waals surface area contributed by atoms with Crippen LogP contribution < -0.4 is 4.52 Å². The van der Waals surface area contributed by atoms with Gasteiger partial charge < -0.3 is 9.63 Å². The van der Waals surface area contributed by atoms with E-state index >= 15 is 0 Å². The molecule has 0 aliphatic heterocycles. The van der Waals surface area contributed by atoms with Crippen molar-refractivity contribution in [3.8, 4) is 11.5 Å². The number of hydrogen-bond acceptors (Lipinski definition) is 9. The van der Waals surface area contributed by atoms with E-state index < -0.39 is 26.5 Å². The number of phenols is 1. The van der Waals surface area contributed by atoms with Crippen LogP contribution in [0.1, 0.15) is 343 Å². The minimum absolute atomic E-state index is 0.00563. The second kappa shape index (κ2) is 39.0. The Hall–Kier alpha value is -1.70. The maximum absolute atomic E-state index is 14.9. The van der Waals surface area contributed by atoms with Gasteiger partial charge in [0.15, 0.2) is 0 Å². The Kier molecular flexibility index (Phi) is 36.3. The molecule has 460 valence electrons. The fourth-order valence-corrected chi connectivity index (χ4v) is 12.8. The molecule has 2 aromatic rings. The molecule has 2 rings (SSSR count). The van der Waals surface area contributed by atoms with Crippen LogP contribution in [-0.4, -0.2) is 24.9 Å². The van der Waals surface area contributed by atoms with Crippen LogP contribution >= 0.6 is 15.6 Å². The van der Waals surface area contributed by atoms with E-state index in [1.54, 1.807) is 6.92 Å². The number of rotatable bonds is 46. The zero-order valence-corrected chi connectivity index (χ0v) is 55.9. The summed E-state index contributed by atoms with van der Waals surface area (Å²) in [4.78, 5) is 0. The van der Waals surface area contributed by atoms with Crippen LogP contribution in [0, 0.1) is 0 Å². The van der Waals surface area contributed by atoms with Gasteiger partial charge in [-0.15, -0.1) is 0 Å². The van der Waals surface area contributed by atoms with Crippen LogP contribution in [-0.2, 0) is 66.6 Å². The summed E-state index contributed by atoms with van der Waals surface area (Å²) in [5.41, 5.74) is 3.01. The number of phosphoric acid groups is 2. The molecule has 9 nitrogen and oxygen atoms in total. The Morgan fingerprint density at radius 3 is 0.861 bits per heavy atom. The normalized spacial score (nSPS) is 13.6. The lowest BCUT2D eigenvalue weighted by Crippen LogP contribution is -2.21. The molecule has 1 unspecified atom stereocenters. The third-order valence-corrected chi connectivity index (χ3v) is 18.2. The minimum Gasteiger partial charge on any atom is -0.507 e. The molecule has 0 bridgehead atoms. The first-order chi connectivity index (χ1) is 37.3. The van der Waals surface area contributed by atoms with Gasteiger partial charge in [-0.1, -0.05) is 290 Å². The SMILES string of the molecule is CCCCCCCCCCCCCCCCCCOP(=O)(OCCCCCCCCCCCCCCCCCC)OCc1cc(C(C)(C)C)c(OP(=O)(OCC)OCc2cc(C(C)(C)C)c(O)c(C(C)(C)C)c2)c(C(C)(C)C)c1. The summed E-state index contributed by atoms with van der Waals surface area (Å²) in [6.07, 6.45) is 41.0. The lowest BCUT2D eigenvalue weighted by molar-refractivity contribution is 0.105. The second-order valence-corrected chi connectivity index (χ2v) is 30.5. The number of aromatic hydroxyl groups is 1. The highest BCUT2D eigenvalue weighted by Gasteiger charge is 2.37. The summed E-state index contributed by atoms with van der Waals surface area (Å²) < 4.78 is 66.8. The van der Waals surface area contributed by atoms with Crippen molar-refractivity contribution in [2.75, 3.05) is 19.8 Å². The van der Waals surface area contributed by atoms with E-state index in [-0.39, 0.29) is 36.4 Å². The van der Waals surface area contributed by atoms with Gasteiger partial charge in [0.2, 0.25) is 0 Å². The fraction of sp³-hybridized carbons (Fsp3) is 0.824. The van der Waals surface area contributed by atoms with Gasteiger partial charge in [-0.3, -0.25) is 22.6 Å². The van der Waals surface area contributed by atoms with Crippen molar-refractivity contribution in [3.63, 3.8) is 0 Å². The van der Waals surface area contributed by atoms with Gasteiger partial charge in [-0.25, -0.2) is 9.13 Å². The first-order valence-electron chi connectivity index (χ1n) is 32.5. The Labute approximate surface area is 487 Å². The van der Waals surface area contributed by atoms with Crippen LogP contribution in [0.15, 0.2) is 24.3 Å². The lowest BCUT2D eigenvalue weighted by Gasteiger charge is -2.32. The average Bonchev–Trinajstić information content (AvgIpc) is 3.51. The Bertz CT molecular complexity index is 1890. The molecule has 0 saturated heterocycles. The van der Waals surface area contributed by atoms with E-state index in [2.05, 4.69) is 96.9 Å². The van der Waals surface area contributed by atoms with Crippen molar-refractivity contribution >= 4 is 15.6 Å². The van der Waals surface area contributed by atoms with Crippen LogP contribution in [0.25, 0.3) is 0 Å². The Balaban J connectivity index is 2.19. The van der Waals surface area contributed by atoms with Gasteiger partial charge in [-0.2, -0.15) is 0 Å². The maximum atomic E-state index is 14.9. The summed E-state index contributed by atoms with van der Waals surface area (Å²) in [5, 5.41) is 11.4. The standard InChI is InChI=1S/C68H124O9P2/c1-16-19-21-23-25-27-29-31-33-35-37-39-41-43-45-47-49-73-78(70,74-50-48-46-44-42-40-38-36-34-32-30-28-26-24-22-20-17-2)75-55-58-53-61(67(10,11)12)64(62(54-58)68(13,14)15)77-79(71,72-18-3)76-56-57-51-59(65(4,5)6)63(69)60(52-57)66(7,8)9/h51-54,69H,16-50,55-56H2,1-15H3. The molecule has 1 atom stereocenters. The maximum Gasteiger partial charge on any atom is 0.530 e. The van der Waals surface area contributed by atoms with Crippen molar-refractivity contribution in [1.82, 2.24) is 0 Å². The molecule has 0 aromatic heterocycles. The molecule has 0 radical (unpaired) electrons. The zero-order chi connectivity index (χ0) is 58.9. The second-order valence-electron chi connectivity index (χ2n) is 27.3. The van der Waals surface area contributed by atoms with E-state index in [4.69, 9.17) is 27.1 Å². The highest BCUT2D eigenvalue weighted by atomic mass is 31.2. The first-order valence-corrected chi connectivity index (χ1v) is 35.4. The summed E-state index contributed by atoms with van der Waals surface area (Å²) in [7, 11) is -8.17. The molecule has 0 heterocycles. The quantitative estimate of drug-likeness (QED) is 0.0512. The number of phenolic OH excluding ortho intramolecular Hbond substituents is 1. The molecule has 0 amide bonds. The highest BCUT2D eigenvalue weighted by Crippen LogP contribution is 2.56. The molecular weight excluding hydrogens is 1020 g/mol. The van der Waals surface area contributed by atoms with Gasteiger partial charge >= 0.3 is 15.6 Å². The smallest absolute Gasteiger partial charge is 0.507 e. The van der Waals surface area contributed by atoms with Crippen LogP contribution in [0.3, 0.4) is 0 Å². The molecular formula is C68H124O9P2. The summed E-state index contributed by atoms with van der Waals surface area (Å²) in [5.74, 6) is 0.696. The van der Waals surface area contributed by atoms with Gasteiger partial charge in [0.05, 0.1) is 33.0 Å². The van der Waals surface area contributed by atoms with E-state index in [0.717, 1.165) is 71.9 Å². The van der Waals surface area contributed by atoms with Crippen molar-refractivity contribution in [3.05, 3.63) is 57.6 Å². The molecule has 0 fully saturated rings. The average molecular weight is 1150 g/mol. The predicted octanol–water partition coefficient (Wildman–Crippen LogP) is 23.5. The number of phosphoric ester groups is 2. The number of unbranched alkanes of at least 4 members (excludes halogenated alkanes) is 30. The highest BCUT2D eigenvalue weighted by molar-refractivity contribution is 7.49. The molecule has 0 spiro atoms. The molecule has 2 aromatic carbocycles. The van der Waals surface area contributed by atoms with Crippen molar-refractivity contribution in [1.29, 1.82) is 0 Å². The van der Waals surface area contributed by atoms with Gasteiger partial charge in [0.25, 0.3) is 0 Å². The molecule has 0 aliphatic carbocycles.